The Balaban J connectivity index is 1.84. The van der Waals surface area contributed by atoms with Gasteiger partial charge in [-0.1, -0.05) is 30.2 Å². The number of imidazole rings is 1. The number of terminal acetylenes is 1. The van der Waals surface area contributed by atoms with Gasteiger partial charge in [-0.3, -0.25) is 9.36 Å². The first-order valence-electron chi connectivity index (χ1n) is 10.9. The van der Waals surface area contributed by atoms with Crippen LogP contribution in [0.1, 0.15) is 22.4 Å². The van der Waals surface area contributed by atoms with Crippen LogP contribution >= 0.6 is 22.6 Å². The average Bonchev–Trinajstić information content (AvgIpc) is 3.32. The Morgan fingerprint density at radius 1 is 1.03 bits per heavy atom. The summed E-state index contributed by atoms with van der Waals surface area (Å²) in [6.45, 7) is 0. The van der Waals surface area contributed by atoms with Gasteiger partial charge in [0, 0.05) is 46.4 Å². The minimum Gasteiger partial charge on any atom is -0.336 e. The van der Waals surface area contributed by atoms with Crippen LogP contribution in [0.3, 0.4) is 0 Å². The van der Waals surface area contributed by atoms with Crippen LogP contribution in [0.25, 0.3) is 22.2 Å². The van der Waals surface area contributed by atoms with Crippen molar-refractivity contribution in [1.82, 2.24) is 19.1 Å². The summed E-state index contributed by atoms with van der Waals surface area (Å²) in [6.07, 6.45) is 10.9. The van der Waals surface area contributed by atoms with Gasteiger partial charge in [0.1, 0.15) is 11.2 Å². The smallest absolute Gasteiger partial charge is 0.252 e. The Hall–Kier alpha value is -3.74. The van der Waals surface area contributed by atoms with Crippen molar-refractivity contribution in [1.29, 1.82) is 0 Å². The lowest BCUT2D eigenvalue weighted by molar-refractivity contribution is 0.594. The Labute approximate surface area is 216 Å². The molecule has 0 fully saturated rings. The van der Waals surface area contributed by atoms with Gasteiger partial charge in [-0.05, 0) is 69.6 Å². The second kappa shape index (κ2) is 8.80. The van der Waals surface area contributed by atoms with Crippen LogP contribution in [-0.4, -0.2) is 19.1 Å². The van der Waals surface area contributed by atoms with E-state index < -0.39 is 5.54 Å². The van der Waals surface area contributed by atoms with Gasteiger partial charge in [0.25, 0.3) is 5.56 Å². The summed E-state index contributed by atoms with van der Waals surface area (Å²) in [6, 6.07) is 19.3. The summed E-state index contributed by atoms with van der Waals surface area (Å²) in [5, 5.41) is 0.807. The number of rotatable bonds is 4. The van der Waals surface area contributed by atoms with E-state index in [0.29, 0.717) is 5.65 Å². The Morgan fingerprint density at radius 2 is 1.80 bits per heavy atom. The summed E-state index contributed by atoms with van der Waals surface area (Å²) in [5.41, 5.74) is 11.5. The number of aryl methyl sites for hydroxylation is 2. The molecule has 0 aliphatic rings. The Morgan fingerprint density at radius 3 is 2.49 bits per heavy atom. The molecule has 0 saturated carbocycles. The number of aromatic nitrogens is 4. The van der Waals surface area contributed by atoms with E-state index in [-0.39, 0.29) is 5.56 Å². The van der Waals surface area contributed by atoms with E-state index >= 15 is 0 Å². The number of pyridine rings is 2. The fraction of sp³-hybridized carbons (Fsp3) is 0.107. The quantitative estimate of drug-likeness (QED) is 0.260. The molecule has 0 amide bonds. The van der Waals surface area contributed by atoms with E-state index in [1.54, 1.807) is 36.4 Å². The van der Waals surface area contributed by atoms with Crippen molar-refractivity contribution in [3.8, 4) is 23.5 Å². The van der Waals surface area contributed by atoms with Crippen molar-refractivity contribution >= 4 is 33.6 Å². The molecule has 172 valence electrons. The third-order valence-corrected chi connectivity index (χ3v) is 7.11. The molecule has 0 unspecified atom stereocenters. The lowest BCUT2D eigenvalue weighted by atomic mass is 9.81. The molecule has 35 heavy (non-hydrogen) atoms. The van der Waals surface area contributed by atoms with Crippen molar-refractivity contribution in [2.24, 2.45) is 19.8 Å². The fourth-order valence-corrected chi connectivity index (χ4v) is 4.83. The first kappa shape index (κ1) is 23.0. The lowest BCUT2D eigenvalue weighted by Crippen LogP contribution is -2.41. The zero-order chi connectivity index (χ0) is 24.7. The minimum atomic E-state index is -1.02. The van der Waals surface area contributed by atoms with E-state index in [1.807, 2.05) is 66.2 Å². The van der Waals surface area contributed by atoms with Crippen LogP contribution < -0.4 is 11.3 Å². The highest BCUT2D eigenvalue weighted by Gasteiger charge is 2.35. The maximum absolute atomic E-state index is 12.8. The molecule has 0 aliphatic heterocycles. The first-order valence-corrected chi connectivity index (χ1v) is 12.0. The SMILES string of the molecule is C#Cc1cccc(-c2cc(=O)n(C)c3ncc([C@](N)(c4ccc(I)cc4)c4cncn4C)cc23)c1. The molecule has 7 heteroatoms. The molecule has 5 aromatic rings. The van der Waals surface area contributed by atoms with Gasteiger partial charge in [0.2, 0.25) is 0 Å². The van der Waals surface area contributed by atoms with Gasteiger partial charge in [0.15, 0.2) is 0 Å². The zero-order valence-electron chi connectivity index (χ0n) is 19.2. The van der Waals surface area contributed by atoms with Gasteiger partial charge < -0.3 is 10.3 Å². The van der Waals surface area contributed by atoms with Crippen LogP contribution in [0.5, 0.6) is 0 Å². The molecule has 0 saturated heterocycles. The van der Waals surface area contributed by atoms with E-state index in [0.717, 1.165) is 42.5 Å². The van der Waals surface area contributed by atoms with Crippen LogP contribution in [-0.2, 0) is 19.6 Å². The van der Waals surface area contributed by atoms with Gasteiger partial charge >= 0.3 is 0 Å². The summed E-state index contributed by atoms with van der Waals surface area (Å²) in [7, 11) is 3.64. The van der Waals surface area contributed by atoms with Gasteiger partial charge in [-0.2, -0.15) is 0 Å². The molecule has 0 spiro atoms. The average molecular weight is 571 g/mol. The summed E-state index contributed by atoms with van der Waals surface area (Å²) < 4.78 is 4.57. The molecule has 3 heterocycles. The number of hydrogen-bond donors (Lipinski definition) is 1. The lowest BCUT2D eigenvalue weighted by Gasteiger charge is -2.31. The monoisotopic (exact) mass is 571 g/mol. The molecule has 1 atom stereocenters. The molecule has 0 aliphatic carbocycles. The van der Waals surface area contributed by atoms with E-state index in [2.05, 4.69) is 33.5 Å². The molecule has 6 nitrogen and oxygen atoms in total. The molecule has 3 aromatic heterocycles. The minimum absolute atomic E-state index is 0.151. The van der Waals surface area contributed by atoms with Crippen molar-refractivity contribution in [3.63, 3.8) is 0 Å². The summed E-state index contributed by atoms with van der Waals surface area (Å²) in [4.78, 5) is 21.8. The van der Waals surface area contributed by atoms with Crippen LogP contribution in [0, 0.1) is 15.9 Å². The van der Waals surface area contributed by atoms with Gasteiger partial charge in [-0.15, -0.1) is 6.42 Å². The van der Waals surface area contributed by atoms with Crippen molar-refractivity contribution in [2.45, 2.75) is 5.54 Å². The third-order valence-electron chi connectivity index (χ3n) is 6.39. The topological polar surface area (TPSA) is 78.7 Å². The standard InChI is InChI=1S/C28H22IN5O/c1-4-18-6-5-7-19(12-18)23-14-26(35)34(3)27-24(23)13-21(15-32-27)28(30,25-16-31-17-33(25)2)20-8-10-22(29)11-9-20/h1,5-17H,30H2,2-3H3/t28-/m1/s1. The molecular weight excluding hydrogens is 549 g/mol. The Kier molecular flexibility index (Phi) is 5.79. The molecule has 0 radical (unpaired) electrons. The number of hydrogen-bond acceptors (Lipinski definition) is 4. The predicted octanol–water partition coefficient (Wildman–Crippen LogP) is 4.17. The fourth-order valence-electron chi connectivity index (χ4n) is 4.47. The first-order chi connectivity index (χ1) is 16.8. The zero-order valence-corrected chi connectivity index (χ0v) is 21.4. The normalized spacial score (nSPS) is 12.9. The summed E-state index contributed by atoms with van der Waals surface area (Å²) >= 11 is 2.28. The number of benzene rings is 2. The molecule has 5 rings (SSSR count). The number of fused-ring (bicyclic) bond motifs is 1. The molecule has 0 bridgehead atoms. The highest BCUT2D eigenvalue weighted by atomic mass is 127. The van der Waals surface area contributed by atoms with Gasteiger partial charge in [0.05, 0.1) is 18.2 Å². The van der Waals surface area contributed by atoms with Crippen molar-refractivity contribution in [3.05, 3.63) is 116 Å². The summed E-state index contributed by atoms with van der Waals surface area (Å²) in [5.74, 6) is 2.67. The van der Waals surface area contributed by atoms with Crippen LogP contribution in [0.4, 0.5) is 0 Å². The highest BCUT2D eigenvalue weighted by Crippen LogP contribution is 2.36. The molecule has 2 aromatic carbocycles. The van der Waals surface area contributed by atoms with Crippen molar-refractivity contribution < 1.29 is 0 Å². The van der Waals surface area contributed by atoms with Crippen LogP contribution in [0.15, 0.2) is 84.2 Å². The molecule has 2 N–H and O–H groups in total. The number of nitrogens with two attached hydrogens (primary N) is 1. The predicted molar refractivity (Wildman–Crippen MR) is 147 cm³/mol. The Bertz CT molecular complexity index is 1680. The van der Waals surface area contributed by atoms with E-state index in [9.17, 15) is 4.79 Å². The third kappa shape index (κ3) is 3.85. The van der Waals surface area contributed by atoms with E-state index in [1.165, 1.54) is 0 Å². The number of nitrogens with zero attached hydrogens (tertiary/aromatic N) is 4. The molecular formula is C28H22IN5O. The highest BCUT2D eigenvalue weighted by molar-refractivity contribution is 14.1. The maximum atomic E-state index is 12.8. The van der Waals surface area contributed by atoms with Crippen LogP contribution in [0.2, 0.25) is 0 Å². The van der Waals surface area contributed by atoms with Gasteiger partial charge in [-0.25, -0.2) is 9.97 Å². The second-order valence-electron chi connectivity index (χ2n) is 8.48. The van der Waals surface area contributed by atoms with E-state index in [4.69, 9.17) is 17.1 Å². The maximum Gasteiger partial charge on any atom is 0.252 e. The second-order valence-corrected chi connectivity index (χ2v) is 9.73. The number of halogens is 1. The van der Waals surface area contributed by atoms with Crippen molar-refractivity contribution in [2.75, 3.05) is 0 Å². The largest absolute Gasteiger partial charge is 0.336 e.